The summed E-state index contributed by atoms with van der Waals surface area (Å²) in [5, 5.41) is 14.0. The minimum absolute atomic E-state index is 0.0512. The predicted octanol–water partition coefficient (Wildman–Crippen LogP) is 1.91. The van der Waals surface area contributed by atoms with E-state index in [1.54, 1.807) is 12.1 Å². The fraction of sp³-hybridized carbons (Fsp3) is 0.500. The van der Waals surface area contributed by atoms with Crippen LogP contribution in [0.2, 0.25) is 0 Å². The lowest BCUT2D eigenvalue weighted by Crippen LogP contribution is -2.30. The minimum atomic E-state index is -0.472. The maximum absolute atomic E-state index is 10.7. The Kier molecular flexibility index (Phi) is 2.59. The molecule has 0 radical (unpaired) electrons. The van der Waals surface area contributed by atoms with E-state index >= 15 is 0 Å². The zero-order chi connectivity index (χ0) is 12.7. The Morgan fingerprint density at radius 3 is 2.83 bits per heavy atom. The van der Waals surface area contributed by atoms with Crippen molar-refractivity contribution in [1.82, 2.24) is 0 Å². The van der Waals surface area contributed by atoms with Gasteiger partial charge in [-0.3, -0.25) is 10.1 Å². The second-order valence-corrected chi connectivity index (χ2v) is 4.89. The number of rotatable bonds is 3. The lowest BCUT2D eigenvalue weighted by molar-refractivity contribution is -0.383. The molecule has 3 unspecified atom stereocenters. The summed E-state index contributed by atoms with van der Waals surface area (Å²) >= 11 is 0. The van der Waals surface area contributed by atoms with Gasteiger partial charge < -0.3 is 15.8 Å². The van der Waals surface area contributed by atoms with Gasteiger partial charge >= 0.3 is 0 Å². The number of anilines is 2. The molecule has 2 heterocycles. The summed E-state index contributed by atoms with van der Waals surface area (Å²) in [6, 6.07) is 5.04. The first-order valence-corrected chi connectivity index (χ1v) is 6.09. The van der Waals surface area contributed by atoms with E-state index in [2.05, 4.69) is 5.32 Å². The van der Waals surface area contributed by atoms with E-state index in [4.69, 9.17) is 10.5 Å². The zero-order valence-electron chi connectivity index (χ0n) is 9.83. The van der Waals surface area contributed by atoms with Crippen molar-refractivity contribution in [2.75, 3.05) is 11.1 Å². The van der Waals surface area contributed by atoms with Gasteiger partial charge in [-0.1, -0.05) is 0 Å². The molecule has 1 aromatic rings. The second kappa shape index (κ2) is 4.13. The van der Waals surface area contributed by atoms with Gasteiger partial charge in [-0.25, -0.2) is 0 Å². The van der Waals surface area contributed by atoms with Gasteiger partial charge in [0, 0.05) is 11.8 Å². The third-order valence-electron chi connectivity index (χ3n) is 3.68. The summed E-state index contributed by atoms with van der Waals surface area (Å²) in [6.45, 7) is 0. The zero-order valence-corrected chi connectivity index (χ0v) is 9.83. The van der Waals surface area contributed by atoms with Crippen molar-refractivity contribution in [2.45, 2.75) is 37.5 Å². The van der Waals surface area contributed by atoms with Gasteiger partial charge in [0.1, 0.15) is 5.69 Å². The summed E-state index contributed by atoms with van der Waals surface area (Å²) in [5.41, 5.74) is 6.62. The standard InChI is InChI=1S/C12H15N3O3/c13-9-5-7(1-3-11(9)15(16)17)14-10-6-8-2-4-12(10)18-8/h1,3,5,8,10,12,14H,2,4,6,13H2. The first-order valence-electron chi connectivity index (χ1n) is 6.09. The summed E-state index contributed by atoms with van der Waals surface area (Å²) < 4.78 is 5.75. The summed E-state index contributed by atoms with van der Waals surface area (Å²) in [6.07, 6.45) is 3.88. The van der Waals surface area contributed by atoms with Crippen LogP contribution in [-0.4, -0.2) is 23.2 Å². The molecular weight excluding hydrogens is 234 g/mol. The first-order chi connectivity index (χ1) is 8.63. The van der Waals surface area contributed by atoms with E-state index in [-0.39, 0.29) is 17.5 Å². The van der Waals surface area contributed by atoms with Gasteiger partial charge in [0.15, 0.2) is 0 Å². The highest BCUT2D eigenvalue weighted by Gasteiger charge is 2.40. The van der Waals surface area contributed by atoms with Gasteiger partial charge in [-0.15, -0.1) is 0 Å². The Hall–Kier alpha value is -1.82. The van der Waals surface area contributed by atoms with Crippen molar-refractivity contribution in [3.63, 3.8) is 0 Å². The Morgan fingerprint density at radius 1 is 1.44 bits per heavy atom. The van der Waals surface area contributed by atoms with Gasteiger partial charge in [0.25, 0.3) is 5.69 Å². The number of nitrogens with two attached hydrogens (primary N) is 1. The van der Waals surface area contributed by atoms with Crippen LogP contribution in [0.15, 0.2) is 18.2 Å². The number of fused-ring (bicyclic) bond motifs is 2. The molecule has 0 aromatic heterocycles. The van der Waals surface area contributed by atoms with Crippen molar-refractivity contribution in [2.24, 2.45) is 0 Å². The van der Waals surface area contributed by atoms with Crippen LogP contribution in [0.4, 0.5) is 17.1 Å². The van der Waals surface area contributed by atoms with E-state index in [0.717, 1.165) is 24.9 Å². The van der Waals surface area contributed by atoms with Crippen molar-refractivity contribution in [1.29, 1.82) is 0 Å². The van der Waals surface area contributed by atoms with Gasteiger partial charge in [-0.05, 0) is 31.4 Å². The topological polar surface area (TPSA) is 90.4 Å². The van der Waals surface area contributed by atoms with Crippen LogP contribution in [-0.2, 0) is 4.74 Å². The SMILES string of the molecule is Nc1cc(NC2CC3CCC2O3)ccc1[N+](=O)[O-]. The highest BCUT2D eigenvalue weighted by Crippen LogP contribution is 2.36. The van der Waals surface area contributed by atoms with Gasteiger partial charge in [0.05, 0.1) is 23.2 Å². The summed E-state index contributed by atoms with van der Waals surface area (Å²) in [7, 11) is 0. The van der Waals surface area contributed by atoms with E-state index in [1.165, 1.54) is 6.07 Å². The van der Waals surface area contributed by atoms with E-state index in [9.17, 15) is 10.1 Å². The highest BCUT2D eigenvalue weighted by atomic mass is 16.6. The smallest absolute Gasteiger partial charge is 0.292 e. The van der Waals surface area contributed by atoms with Gasteiger partial charge in [-0.2, -0.15) is 0 Å². The second-order valence-electron chi connectivity index (χ2n) is 4.89. The molecule has 0 spiro atoms. The lowest BCUT2D eigenvalue weighted by atomic mass is 9.95. The minimum Gasteiger partial charge on any atom is -0.393 e. The van der Waals surface area contributed by atoms with Crippen molar-refractivity contribution in [3.8, 4) is 0 Å². The Labute approximate surface area is 104 Å². The average molecular weight is 249 g/mol. The van der Waals surface area contributed by atoms with Gasteiger partial charge in [0.2, 0.25) is 0 Å². The monoisotopic (exact) mass is 249 g/mol. The molecule has 0 saturated carbocycles. The first kappa shape index (κ1) is 11.3. The molecule has 6 heteroatoms. The molecule has 1 aromatic carbocycles. The summed E-state index contributed by atoms with van der Waals surface area (Å²) in [5.74, 6) is 0. The average Bonchev–Trinajstić information content (AvgIpc) is 2.90. The maximum atomic E-state index is 10.7. The van der Waals surface area contributed by atoms with E-state index < -0.39 is 4.92 Å². The molecule has 3 N–H and O–H groups in total. The number of nitrogens with one attached hydrogen (secondary N) is 1. The van der Waals surface area contributed by atoms with Crippen molar-refractivity contribution >= 4 is 17.1 Å². The Balaban J connectivity index is 1.74. The third kappa shape index (κ3) is 1.88. The predicted molar refractivity (Wildman–Crippen MR) is 67.4 cm³/mol. The molecular formula is C12H15N3O3. The van der Waals surface area contributed by atoms with Crippen LogP contribution in [0.1, 0.15) is 19.3 Å². The molecule has 2 aliphatic rings. The van der Waals surface area contributed by atoms with Crippen LogP contribution >= 0.6 is 0 Å². The molecule has 3 atom stereocenters. The van der Waals surface area contributed by atoms with Crippen LogP contribution in [0.25, 0.3) is 0 Å². The number of nitrogen functional groups attached to an aromatic ring is 1. The van der Waals surface area contributed by atoms with Crippen LogP contribution in [0, 0.1) is 10.1 Å². The fourth-order valence-electron chi connectivity index (χ4n) is 2.81. The lowest BCUT2D eigenvalue weighted by Gasteiger charge is -2.21. The molecule has 3 rings (SSSR count). The molecule has 2 fully saturated rings. The number of hydrogen-bond acceptors (Lipinski definition) is 5. The van der Waals surface area contributed by atoms with Crippen molar-refractivity contribution < 1.29 is 9.66 Å². The molecule has 2 aliphatic heterocycles. The number of nitro groups is 1. The number of nitro benzene ring substituents is 1. The molecule has 2 saturated heterocycles. The Morgan fingerprint density at radius 2 is 2.28 bits per heavy atom. The Bertz CT molecular complexity index is 491. The number of benzene rings is 1. The van der Waals surface area contributed by atoms with E-state index in [0.29, 0.717) is 12.1 Å². The normalized spacial score (nSPS) is 29.4. The molecule has 6 nitrogen and oxygen atoms in total. The third-order valence-corrected chi connectivity index (χ3v) is 3.68. The number of ether oxygens (including phenoxy) is 1. The van der Waals surface area contributed by atoms with Crippen LogP contribution in [0.5, 0.6) is 0 Å². The maximum Gasteiger partial charge on any atom is 0.292 e. The number of hydrogen-bond donors (Lipinski definition) is 2. The fourth-order valence-corrected chi connectivity index (χ4v) is 2.81. The molecule has 96 valence electrons. The van der Waals surface area contributed by atoms with Crippen LogP contribution in [0.3, 0.4) is 0 Å². The number of nitrogens with zero attached hydrogens (tertiary/aromatic N) is 1. The van der Waals surface area contributed by atoms with E-state index in [1.807, 2.05) is 0 Å². The van der Waals surface area contributed by atoms with Crippen molar-refractivity contribution in [3.05, 3.63) is 28.3 Å². The largest absolute Gasteiger partial charge is 0.393 e. The molecule has 0 aliphatic carbocycles. The molecule has 18 heavy (non-hydrogen) atoms. The quantitative estimate of drug-likeness (QED) is 0.485. The van der Waals surface area contributed by atoms with Crippen LogP contribution < -0.4 is 11.1 Å². The summed E-state index contributed by atoms with van der Waals surface area (Å²) in [4.78, 5) is 10.2. The molecule has 2 bridgehead atoms. The highest BCUT2D eigenvalue weighted by molar-refractivity contribution is 5.66. The molecule has 0 amide bonds.